The van der Waals surface area contributed by atoms with E-state index < -0.39 is 6.10 Å². The minimum Gasteiger partial charge on any atom is -0.393 e. The van der Waals surface area contributed by atoms with Crippen LogP contribution in [-0.2, 0) is 28.8 Å². The Morgan fingerprint density at radius 1 is 0.969 bits per heavy atom. The van der Waals surface area contributed by atoms with Crippen LogP contribution in [0.3, 0.4) is 0 Å². The monoisotopic (exact) mass is 435 g/mol. The first-order valence-electron chi connectivity index (χ1n) is 11.8. The number of ketones is 1. The second kappa shape index (κ2) is 10.9. The van der Waals surface area contributed by atoms with Crippen molar-refractivity contribution < 1.29 is 19.4 Å². The number of benzene rings is 2. The summed E-state index contributed by atoms with van der Waals surface area (Å²) in [5.41, 5.74) is 4.44. The Balaban J connectivity index is 1.17. The highest BCUT2D eigenvalue weighted by Gasteiger charge is 2.22. The van der Waals surface area contributed by atoms with Gasteiger partial charge in [0.05, 0.1) is 25.7 Å². The minimum atomic E-state index is -0.437. The Hall–Kier alpha value is -2.50. The van der Waals surface area contributed by atoms with Crippen molar-refractivity contribution in [3.05, 3.63) is 70.8 Å². The van der Waals surface area contributed by atoms with Gasteiger partial charge >= 0.3 is 0 Å². The number of amides is 1. The van der Waals surface area contributed by atoms with Crippen LogP contribution in [0.4, 0.5) is 0 Å². The lowest BCUT2D eigenvalue weighted by Crippen LogP contribution is -2.41. The van der Waals surface area contributed by atoms with Crippen molar-refractivity contribution in [2.75, 3.05) is 26.3 Å². The summed E-state index contributed by atoms with van der Waals surface area (Å²) in [4.78, 5) is 26.7. The second-order valence-electron chi connectivity index (χ2n) is 9.10. The van der Waals surface area contributed by atoms with E-state index in [0.717, 1.165) is 31.2 Å². The fourth-order valence-corrected chi connectivity index (χ4v) is 4.78. The summed E-state index contributed by atoms with van der Waals surface area (Å²) >= 11 is 0. The molecule has 2 aromatic rings. The van der Waals surface area contributed by atoms with Crippen molar-refractivity contribution >= 4 is 11.7 Å². The Morgan fingerprint density at radius 2 is 1.62 bits per heavy atom. The van der Waals surface area contributed by atoms with Crippen molar-refractivity contribution in [1.29, 1.82) is 0 Å². The van der Waals surface area contributed by atoms with Crippen LogP contribution >= 0.6 is 0 Å². The zero-order valence-electron chi connectivity index (χ0n) is 18.7. The van der Waals surface area contributed by atoms with Gasteiger partial charge < -0.3 is 14.7 Å². The summed E-state index contributed by atoms with van der Waals surface area (Å²) in [6.07, 6.45) is 4.69. The zero-order chi connectivity index (χ0) is 22.3. The van der Waals surface area contributed by atoms with E-state index in [0.29, 0.717) is 57.0 Å². The van der Waals surface area contributed by atoms with Crippen molar-refractivity contribution in [2.24, 2.45) is 5.92 Å². The number of rotatable bonds is 9. The molecule has 170 valence electrons. The number of fused-ring (bicyclic) bond motifs is 1. The van der Waals surface area contributed by atoms with E-state index in [1.54, 1.807) is 12.1 Å². The van der Waals surface area contributed by atoms with Gasteiger partial charge in [0.15, 0.2) is 5.78 Å². The Bertz CT molecular complexity index is 893. The molecule has 1 saturated heterocycles. The normalized spacial score (nSPS) is 17.2. The number of aliphatic hydroxyl groups is 1. The van der Waals surface area contributed by atoms with E-state index >= 15 is 0 Å². The molecule has 2 aliphatic rings. The third-order valence-electron chi connectivity index (χ3n) is 6.74. The van der Waals surface area contributed by atoms with Crippen molar-refractivity contribution in [3.8, 4) is 0 Å². The molecule has 1 N–H and O–H groups in total. The molecule has 0 aromatic heterocycles. The SMILES string of the molecule is O=C(CC[C@@H](O)CCC1Cc2ccccc2C1)c1ccc(CC(=O)N2CCOCC2)cc1. The summed E-state index contributed by atoms with van der Waals surface area (Å²) in [5.74, 6) is 0.745. The van der Waals surface area contributed by atoms with Crippen LogP contribution in [0, 0.1) is 5.92 Å². The molecule has 1 heterocycles. The summed E-state index contributed by atoms with van der Waals surface area (Å²) in [7, 11) is 0. The summed E-state index contributed by atoms with van der Waals surface area (Å²) in [6, 6.07) is 15.9. The van der Waals surface area contributed by atoms with Crippen LogP contribution in [0.1, 0.15) is 52.7 Å². The molecule has 0 radical (unpaired) electrons. The average molecular weight is 436 g/mol. The highest BCUT2D eigenvalue weighted by molar-refractivity contribution is 5.96. The van der Waals surface area contributed by atoms with Crippen LogP contribution in [0.5, 0.6) is 0 Å². The second-order valence-corrected chi connectivity index (χ2v) is 9.10. The fourth-order valence-electron chi connectivity index (χ4n) is 4.78. The topological polar surface area (TPSA) is 66.8 Å². The van der Waals surface area contributed by atoms with E-state index in [-0.39, 0.29) is 11.7 Å². The fraction of sp³-hybridized carbons (Fsp3) is 0.481. The maximum Gasteiger partial charge on any atom is 0.227 e. The maximum atomic E-state index is 12.5. The van der Waals surface area contributed by atoms with E-state index in [2.05, 4.69) is 24.3 Å². The lowest BCUT2D eigenvalue weighted by molar-refractivity contribution is -0.134. The van der Waals surface area contributed by atoms with Gasteiger partial charge in [0.2, 0.25) is 5.91 Å². The quantitative estimate of drug-likeness (QED) is 0.611. The van der Waals surface area contributed by atoms with Crippen molar-refractivity contribution in [2.45, 2.75) is 51.0 Å². The number of carbonyl (C=O) groups is 2. The van der Waals surface area contributed by atoms with Crippen molar-refractivity contribution in [1.82, 2.24) is 4.90 Å². The standard InChI is InChI=1S/C27H33NO4/c29-25(10-7-21-17-23-3-1-2-4-24(23)18-21)11-12-26(30)22-8-5-20(6-9-22)19-27(31)28-13-15-32-16-14-28/h1-6,8-9,21,25,29H,7,10-19H2/t25-/m0/s1. The predicted molar refractivity (Wildman–Crippen MR) is 124 cm³/mol. The molecule has 1 fully saturated rings. The van der Waals surface area contributed by atoms with Gasteiger partial charge in [0.25, 0.3) is 0 Å². The molecule has 1 atom stereocenters. The predicted octanol–water partition coefficient (Wildman–Crippen LogP) is 3.61. The molecule has 1 aliphatic carbocycles. The number of ether oxygens (including phenoxy) is 1. The zero-order valence-corrected chi connectivity index (χ0v) is 18.7. The first-order chi connectivity index (χ1) is 15.6. The largest absolute Gasteiger partial charge is 0.393 e. The molecule has 0 saturated carbocycles. The van der Waals surface area contributed by atoms with Gasteiger partial charge in [-0.25, -0.2) is 0 Å². The molecule has 0 unspecified atom stereocenters. The molecule has 2 aromatic carbocycles. The Kier molecular flexibility index (Phi) is 7.72. The third kappa shape index (κ3) is 6.05. The van der Waals surface area contributed by atoms with Gasteiger partial charge in [-0.3, -0.25) is 9.59 Å². The number of nitrogens with zero attached hydrogens (tertiary/aromatic N) is 1. The van der Waals surface area contributed by atoms with Gasteiger partial charge in [-0.05, 0) is 54.7 Å². The lowest BCUT2D eigenvalue weighted by Gasteiger charge is -2.26. The van der Waals surface area contributed by atoms with Crippen LogP contribution in [0.25, 0.3) is 0 Å². The summed E-state index contributed by atoms with van der Waals surface area (Å²) in [5, 5.41) is 10.4. The molecule has 0 spiro atoms. The van der Waals surface area contributed by atoms with Crippen molar-refractivity contribution in [3.63, 3.8) is 0 Å². The molecule has 0 bridgehead atoms. The average Bonchev–Trinajstić information content (AvgIpc) is 3.25. The van der Waals surface area contributed by atoms with Gasteiger partial charge in [-0.15, -0.1) is 0 Å². The van der Waals surface area contributed by atoms with Gasteiger partial charge in [0, 0.05) is 25.1 Å². The molecule has 1 aliphatic heterocycles. The highest BCUT2D eigenvalue weighted by atomic mass is 16.5. The molecule has 5 nitrogen and oxygen atoms in total. The maximum absolute atomic E-state index is 12.5. The lowest BCUT2D eigenvalue weighted by atomic mass is 9.95. The van der Waals surface area contributed by atoms with E-state index in [1.807, 2.05) is 17.0 Å². The molecule has 4 rings (SSSR count). The number of hydrogen-bond acceptors (Lipinski definition) is 4. The van der Waals surface area contributed by atoms with Gasteiger partial charge in [-0.1, -0.05) is 48.5 Å². The van der Waals surface area contributed by atoms with Crippen LogP contribution < -0.4 is 0 Å². The highest BCUT2D eigenvalue weighted by Crippen LogP contribution is 2.30. The Labute approximate surface area is 190 Å². The molecule has 5 heteroatoms. The minimum absolute atomic E-state index is 0.0448. The number of morpholine rings is 1. The van der Waals surface area contributed by atoms with E-state index in [9.17, 15) is 14.7 Å². The Morgan fingerprint density at radius 3 is 2.28 bits per heavy atom. The molecular formula is C27H33NO4. The van der Waals surface area contributed by atoms with Crippen LogP contribution in [0.15, 0.2) is 48.5 Å². The number of hydrogen-bond donors (Lipinski definition) is 1. The van der Waals surface area contributed by atoms with E-state index in [1.165, 1.54) is 11.1 Å². The first-order valence-corrected chi connectivity index (χ1v) is 11.8. The van der Waals surface area contributed by atoms with Crippen LogP contribution in [0.2, 0.25) is 0 Å². The number of aliphatic hydroxyl groups excluding tert-OH is 1. The number of Topliss-reactive ketones (excluding diaryl/α,β-unsaturated/α-hetero) is 1. The van der Waals surface area contributed by atoms with E-state index in [4.69, 9.17) is 4.74 Å². The summed E-state index contributed by atoms with van der Waals surface area (Å²) in [6.45, 7) is 2.48. The molecule has 32 heavy (non-hydrogen) atoms. The smallest absolute Gasteiger partial charge is 0.227 e. The first kappa shape index (κ1) is 22.7. The van der Waals surface area contributed by atoms with Crippen LogP contribution in [-0.4, -0.2) is 54.1 Å². The molecule has 1 amide bonds. The number of carbonyl (C=O) groups excluding carboxylic acids is 2. The van der Waals surface area contributed by atoms with Gasteiger partial charge in [0.1, 0.15) is 0 Å². The third-order valence-corrected chi connectivity index (χ3v) is 6.74. The molecular weight excluding hydrogens is 402 g/mol. The van der Waals surface area contributed by atoms with Gasteiger partial charge in [-0.2, -0.15) is 0 Å². The summed E-state index contributed by atoms with van der Waals surface area (Å²) < 4.78 is 5.29.